The van der Waals surface area contributed by atoms with E-state index >= 15 is 0 Å². The number of nitro benzene ring substituents is 1. The van der Waals surface area contributed by atoms with Gasteiger partial charge in [-0.15, -0.1) is 0 Å². The summed E-state index contributed by atoms with van der Waals surface area (Å²) in [6.07, 6.45) is 7.16. The maximum absolute atomic E-state index is 12.7. The third kappa shape index (κ3) is 4.47. The maximum Gasteiger partial charge on any atom is 0.273 e. The highest BCUT2D eigenvalue weighted by Gasteiger charge is 2.32. The van der Waals surface area contributed by atoms with E-state index in [2.05, 4.69) is 0 Å². The van der Waals surface area contributed by atoms with Crippen LogP contribution in [0.2, 0.25) is 0 Å². The summed E-state index contributed by atoms with van der Waals surface area (Å²) in [5.41, 5.74) is -0.208. The first-order valence-corrected chi connectivity index (χ1v) is 10.5. The van der Waals surface area contributed by atoms with Crippen molar-refractivity contribution in [2.24, 2.45) is 5.92 Å². The molecule has 1 saturated heterocycles. The Kier molecular flexibility index (Phi) is 6.56. The lowest BCUT2D eigenvalue weighted by Crippen LogP contribution is -2.30. The number of ether oxygens (including phenoxy) is 1. The fourth-order valence-electron chi connectivity index (χ4n) is 3.53. The minimum Gasteiger partial charge on any atom is -0.870 e. The Morgan fingerprint density at radius 3 is 2.75 bits per heavy atom. The number of carbonyl (C=O) groups excluding carboxylic acids is 1. The van der Waals surface area contributed by atoms with E-state index in [1.54, 1.807) is 11.8 Å². The number of rotatable bonds is 7. The highest BCUT2D eigenvalue weighted by Crippen LogP contribution is 2.38. The molecule has 7 nitrogen and oxygen atoms in total. The van der Waals surface area contributed by atoms with Gasteiger partial charge in [0.25, 0.3) is 11.6 Å². The van der Waals surface area contributed by atoms with Crippen molar-refractivity contribution >= 4 is 46.0 Å². The van der Waals surface area contributed by atoms with Crippen LogP contribution in [0.4, 0.5) is 5.69 Å². The second-order valence-electron chi connectivity index (χ2n) is 6.82. The molecule has 0 atom stereocenters. The zero-order chi connectivity index (χ0) is 20.3. The van der Waals surface area contributed by atoms with Crippen LogP contribution in [-0.2, 0) is 4.79 Å². The van der Waals surface area contributed by atoms with Crippen LogP contribution in [0.1, 0.15) is 44.6 Å². The summed E-state index contributed by atoms with van der Waals surface area (Å²) in [7, 11) is 0. The second-order valence-corrected chi connectivity index (χ2v) is 8.50. The van der Waals surface area contributed by atoms with Gasteiger partial charge in [-0.05, 0) is 30.9 Å². The molecule has 0 N–H and O–H groups in total. The van der Waals surface area contributed by atoms with Gasteiger partial charge >= 0.3 is 0 Å². The fourth-order valence-corrected chi connectivity index (χ4v) is 4.83. The first-order valence-electron chi connectivity index (χ1n) is 9.28. The average molecular weight is 422 g/mol. The summed E-state index contributed by atoms with van der Waals surface area (Å²) >= 11 is 6.46. The monoisotopic (exact) mass is 421 g/mol. The molecule has 1 aromatic carbocycles. The van der Waals surface area contributed by atoms with Gasteiger partial charge in [-0.25, -0.2) is 0 Å². The molecular weight excluding hydrogens is 400 g/mol. The molecule has 0 spiro atoms. The molecule has 2 fully saturated rings. The van der Waals surface area contributed by atoms with Gasteiger partial charge in [-0.1, -0.05) is 55.4 Å². The van der Waals surface area contributed by atoms with E-state index in [1.807, 2.05) is 0 Å². The van der Waals surface area contributed by atoms with Gasteiger partial charge in [0, 0.05) is 12.6 Å². The highest BCUT2D eigenvalue weighted by molar-refractivity contribution is 8.26. The summed E-state index contributed by atoms with van der Waals surface area (Å²) in [5.74, 6) is -0.201. The number of hydrogen-bond donors (Lipinski definition) is 0. The molecule has 1 aliphatic heterocycles. The van der Waals surface area contributed by atoms with Gasteiger partial charge in [0.15, 0.2) is 0 Å². The number of non-ortho nitro benzene ring substituents is 1. The number of amides is 1. The Morgan fingerprint density at radius 2 is 2.11 bits per heavy atom. The number of benzene rings is 1. The van der Waals surface area contributed by atoms with Gasteiger partial charge in [-0.3, -0.25) is 19.8 Å². The van der Waals surface area contributed by atoms with Crippen molar-refractivity contribution < 1.29 is 19.6 Å². The lowest BCUT2D eigenvalue weighted by molar-refractivity contribution is -0.385. The minimum absolute atomic E-state index is 0.0499. The summed E-state index contributed by atoms with van der Waals surface area (Å²) < 4.78 is 5.68. The van der Waals surface area contributed by atoms with E-state index in [0.717, 1.165) is 30.3 Å². The van der Waals surface area contributed by atoms with Crippen molar-refractivity contribution in [2.75, 3.05) is 13.2 Å². The van der Waals surface area contributed by atoms with Crippen molar-refractivity contribution in [2.45, 2.75) is 39.0 Å². The topological polar surface area (TPSA) is 95.7 Å². The Hall–Kier alpha value is -2.13. The van der Waals surface area contributed by atoms with Gasteiger partial charge < -0.3 is 9.84 Å². The van der Waals surface area contributed by atoms with Crippen LogP contribution in [0.25, 0.3) is 6.08 Å². The number of nitro groups is 1. The molecule has 1 saturated carbocycles. The third-order valence-electron chi connectivity index (χ3n) is 4.97. The SMILES string of the molecule is CCOc1cc([N+](=O)[O-])cc(/C=C2\SC(=S)N(CCC3CCCC3)C2=O)c1[O-]. The second kappa shape index (κ2) is 8.91. The van der Waals surface area contributed by atoms with Crippen molar-refractivity contribution in [1.82, 2.24) is 4.90 Å². The molecule has 9 heteroatoms. The molecule has 1 aliphatic carbocycles. The molecule has 2 aliphatic rings. The van der Waals surface area contributed by atoms with Gasteiger partial charge in [0.05, 0.1) is 22.5 Å². The smallest absolute Gasteiger partial charge is 0.273 e. The fraction of sp³-hybridized carbons (Fsp3) is 0.474. The minimum atomic E-state index is -0.591. The van der Waals surface area contributed by atoms with Crippen molar-refractivity contribution in [1.29, 1.82) is 0 Å². The molecule has 0 aromatic heterocycles. The molecule has 28 heavy (non-hydrogen) atoms. The van der Waals surface area contributed by atoms with Crippen LogP contribution in [0.15, 0.2) is 17.0 Å². The Bertz CT molecular complexity index is 834. The predicted octanol–water partition coefficient (Wildman–Crippen LogP) is 3.85. The molecule has 0 radical (unpaired) electrons. The molecule has 1 aromatic rings. The first-order chi connectivity index (χ1) is 13.4. The molecule has 3 rings (SSSR count). The Balaban J connectivity index is 1.83. The van der Waals surface area contributed by atoms with Crippen LogP contribution < -0.4 is 9.84 Å². The van der Waals surface area contributed by atoms with Gasteiger partial charge in [-0.2, -0.15) is 0 Å². The standard InChI is InChI=1S/C19H22N2O5S2/c1-2-26-15-11-14(21(24)25)9-13(17(15)22)10-16-18(23)20(19(27)28-16)8-7-12-5-3-4-6-12/h9-12,22H,2-8H2,1H3/p-1/b16-10-. The summed E-state index contributed by atoms with van der Waals surface area (Å²) in [5, 5.41) is 23.7. The maximum atomic E-state index is 12.7. The summed E-state index contributed by atoms with van der Waals surface area (Å²) in [6.45, 7) is 2.46. The largest absolute Gasteiger partial charge is 0.870 e. The van der Waals surface area contributed by atoms with E-state index in [1.165, 1.54) is 31.8 Å². The number of carbonyl (C=O) groups is 1. The van der Waals surface area contributed by atoms with E-state index in [0.29, 0.717) is 21.7 Å². The number of nitrogens with zero attached hydrogens (tertiary/aromatic N) is 2. The summed E-state index contributed by atoms with van der Waals surface area (Å²) in [4.78, 5) is 25.2. The molecule has 0 bridgehead atoms. The van der Waals surface area contributed by atoms with Gasteiger partial charge in [0.2, 0.25) is 0 Å². The van der Waals surface area contributed by atoms with E-state index in [4.69, 9.17) is 17.0 Å². The average Bonchev–Trinajstić information content (AvgIpc) is 3.25. The van der Waals surface area contributed by atoms with Crippen LogP contribution >= 0.6 is 24.0 Å². The van der Waals surface area contributed by atoms with Crippen LogP contribution in [0.5, 0.6) is 11.5 Å². The van der Waals surface area contributed by atoms with Crippen LogP contribution in [-0.4, -0.2) is 33.2 Å². The molecule has 1 heterocycles. The first kappa shape index (κ1) is 20.6. The molecule has 0 unspecified atom stereocenters. The molecular formula is C19H21N2O5S2-. The normalized spacial score (nSPS) is 19.0. The highest BCUT2D eigenvalue weighted by atomic mass is 32.2. The van der Waals surface area contributed by atoms with Gasteiger partial charge in [0.1, 0.15) is 10.1 Å². The van der Waals surface area contributed by atoms with Crippen molar-refractivity contribution in [3.05, 3.63) is 32.7 Å². The Morgan fingerprint density at radius 1 is 1.39 bits per heavy atom. The predicted molar refractivity (Wildman–Crippen MR) is 110 cm³/mol. The third-order valence-corrected chi connectivity index (χ3v) is 6.35. The molecule has 1 amide bonds. The van der Waals surface area contributed by atoms with E-state index in [-0.39, 0.29) is 29.5 Å². The zero-order valence-corrected chi connectivity index (χ0v) is 17.1. The van der Waals surface area contributed by atoms with Crippen molar-refractivity contribution in [3.63, 3.8) is 0 Å². The van der Waals surface area contributed by atoms with Crippen molar-refractivity contribution in [3.8, 4) is 11.5 Å². The number of thiocarbonyl (C=S) groups is 1. The molecule has 150 valence electrons. The van der Waals surface area contributed by atoms with Crippen LogP contribution in [0, 0.1) is 16.0 Å². The van der Waals surface area contributed by atoms with E-state index in [9.17, 15) is 20.0 Å². The van der Waals surface area contributed by atoms with E-state index < -0.39 is 10.7 Å². The summed E-state index contributed by atoms with van der Waals surface area (Å²) in [6, 6.07) is 2.27. The zero-order valence-electron chi connectivity index (χ0n) is 15.5. The Labute approximate surface area is 172 Å². The lowest BCUT2D eigenvalue weighted by atomic mass is 10.0. The lowest BCUT2D eigenvalue weighted by Gasteiger charge is -2.17. The van der Waals surface area contributed by atoms with Crippen LogP contribution in [0.3, 0.4) is 0 Å². The number of hydrogen-bond acceptors (Lipinski definition) is 7. The quantitative estimate of drug-likeness (QED) is 0.285. The number of thioether (sulfide) groups is 1.